The number of anilines is 1. The van der Waals surface area contributed by atoms with E-state index in [0.29, 0.717) is 31.7 Å². The minimum Gasteiger partial charge on any atom is -0.353 e. The van der Waals surface area contributed by atoms with Gasteiger partial charge in [-0.3, -0.25) is 4.79 Å². The molecule has 5 rings (SSSR count). The van der Waals surface area contributed by atoms with E-state index < -0.39 is 10.0 Å². The first-order chi connectivity index (χ1) is 16.9. The number of piperazine rings is 2. The molecule has 35 heavy (non-hydrogen) atoms. The molecule has 0 saturated carbocycles. The summed E-state index contributed by atoms with van der Waals surface area (Å²) in [5, 5.41) is 1.95. The van der Waals surface area contributed by atoms with Gasteiger partial charge >= 0.3 is 0 Å². The van der Waals surface area contributed by atoms with E-state index in [4.69, 9.17) is 0 Å². The summed E-state index contributed by atoms with van der Waals surface area (Å²) in [6.45, 7) is 8.59. The monoisotopic (exact) mass is 512 g/mol. The molecule has 0 radical (unpaired) electrons. The standard InChI is InChI=1S/C24H28N6O3S2/c1-3-35(32,33)30-14-12-28(13-15-30)22-20-16-21(34-23(20)26-17-25-22)18-4-6-19(7-5-18)24(31)29-10-8-27(2)9-11-29/h3-7,16-17H,1,8-15H2,2H3. The molecule has 0 aliphatic carbocycles. The fourth-order valence-corrected chi connectivity index (χ4v) is 6.35. The van der Waals surface area contributed by atoms with E-state index in [-0.39, 0.29) is 5.91 Å². The Morgan fingerprint density at radius 3 is 2.34 bits per heavy atom. The highest BCUT2D eigenvalue weighted by molar-refractivity contribution is 7.92. The Labute approximate surface area is 209 Å². The Bertz CT molecular complexity index is 1340. The first-order valence-corrected chi connectivity index (χ1v) is 13.9. The Kier molecular flexibility index (Phi) is 6.58. The number of hydrogen-bond acceptors (Lipinski definition) is 8. The number of amides is 1. The first-order valence-electron chi connectivity index (χ1n) is 11.6. The van der Waals surface area contributed by atoms with Crippen LogP contribution in [0.2, 0.25) is 0 Å². The van der Waals surface area contributed by atoms with Crippen LogP contribution in [0.1, 0.15) is 10.4 Å². The zero-order valence-electron chi connectivity index (χ0n) is 19.6. The van der Waals surface area contributed by atoms with E-state index in [1.165, 1.54) is 4.31 Å². The molecule has 0 bridgehead atoms. The Balaban J connectivity index is 1.34. The number of rotatable bonds is 5. The second-order valence-corrected chi connectivity index (χ2v) is 11.7. The van der Waals surface area contributed by atoms with Gasteiger partial charge in [0.1, 0.15) is 17.0 Å². The van der Waals surface area contributed by atoms with Gasteiger partial charge < -0.3 is 14.7 Å². The van der Waals surface area contributed by atoms with E-state index in [2.05, 4.69) is 39.5 Å². The third-order valence-electron chi connectivity index (χ3n) is 6.62. The van der Waals surface area contributed by atoms with Gasteiger partial charge in [-0.2, -0.15) is 4.31 Å². The number of benzene rings is 1. The van der Waals surface area contributed by atoms with Crippen molar-refractivity contribution in [2.45, 2.75) is 0 Å². The van der Waals surface area contributed by atoms with Gasteiger partial charge in [-0.05, 0) is 30.8 Å². The maximum Gasteiger partial charge on any atom is 0.253 e. The highest BCUT2D eigenvalue weighted by atomic mass is 32.2. The minimum absolute atomic E-state index is 0.0757. The third-order valence-corrected chi connectivity index (χ3v) is 9.22. The molecule has 11 heteroatoms. The number of fused-ring (bicyclic) bond motifs is 1. The van der Waals surface area contributed by atoms with Gasteiger partial charge in [-0.25, -0.2) is 18.4 Å². The second-order valence-electron chi connectivity index (χ2n) is 8.80. The molecule has 2 saturated heterocycles. The number of carbonyl (C=O) groups excluding carboxylic acids is 1. The van der Waals surface area contributed by atoms with E-state index in [1.807, 2.05) is 29.2 Å². The van der Waals surface area contributed by atoms with Crippen LogP contribution in [-0.2, 0) is 10.0 Å². The van der Waals surface area contributed by atoms with Crippen molar-refractivity contribution in [1.29, 1.82) is 0 Å². The summed E-state index contributed by atoms with van der Waals surface area (Å²) >= 11 is 1.58. The van der Waals surface area contributed by atoms with E-state index in [1.54, 1.807) is 17.7 Å². The summed E-state index contributed by atoms with van der Waals surface area (Å²) in [6.07, 6.45) is 1.56. The fourth-order valence-electron chi connectivity index (χ4n) is 4.47. The topological polar surface area (TPSA) is 89.9 Å². The van der Waals surface area contributed by atoms with Crippen LogP contribution in [0.4, 0.5) is 5.82 Å². The molecule has 0 unspecified atom stereocenters. The van der Waals surface area contributed by atoms with Crippen molar-refractivity contribution in [2.75, 3.05) is 64.3 Å². The average molecular weight is 513 g/mol. The van der Waals surface area contributed by atoms with Crippen molar-refractivity contribution in [1.82, 2.24) is 24.1 Å². The van der Waals surface area contributed by atoms with Crippen LogP contribution in [0.3, 0.4) is 0 Å². The molecular weight excluding hydrogens is 484 g/mol. The number of sulfonamides is 1. The molecule has 0 atom stereocenters. The Morgan fingerprint density at radius 2 is 1.69 bits per heavy atom. The van der Waals surface area contributed by atoms with Gasteiger partial charge in [0, 0.05) is 68.2 Å². The minimum atomic E-state index is -3.41. The largest absolute Gasteiger partial charge is 0.353 e. The van der Waals surface area contributed by atoms with Crippen LogP contribution in [-0.4, -0.2) is 97.8 Å². The lowest BCUT2D eigenvalue weighted by Crippen LogP contribution is -2.48. The van der Waals surface area contributed by atoms with Crippen LogP contribution in [0.25, 0.3) is 20.7 Å². The molecule has 184 valence electrons. The molecule has 4 heterocycles. The molecule has 0 spiro atoms. The van der Waals surface area contributed by atoms with Crippen molar-refractivity contribution < 1.29 is 13.2 Å². The number of likely N-dealkylation sites (N-methyl/N-ethyl adjacent to an activating group) is 1. The maximum absolute atomic E-state index is 12.9. The SMILES string of the molecule is C=CS(=O)(=O)N1CCN(c2ncnc3sc(-c4ccc(C(=O)N5CCN(C)CC5)cc4)cc23)CC1. The molecule has 2 aromatic heterocycles. The summed E-state index contributed by atoms with van der Waals surface area (Å²) in [5.74, 6) is 0.891. The molecule has 9 nitrogen and oxygen atoms in total. The maximum atomic E-state index is 12.9. The highest BCUT2D eigenvalue weighted by Gasteiger charge is 2.27. The number of hydrogen-bond donors (Lipinski definition) is 0. The van der Waals surface area contributed by atoms with Gasteiger partial charge in [-0.1, -0.05) is 18.7 Å². The quantitative estimate of drug-likeness (QED) is 0.518. The zero-order chi connectivity index (χ0) is 24.6. The predicted octanol–water partition coefficient (Wildman–Crippen LogP) is 2.34. The average Bonchev–Trinajstić information content (AvgIpc) is 3.33. The van der Waals surface area contributed by atoms with Crippen LogP contribution in [0.5, 0.6) is 0 Å². The second kappa shape index (κ2) is 9.65. The zero-order valence-corrected chi connectivity index (χ0v) is 21.3. The van der Waals surface area contributed by atoms with Crippen molar-refractivity contribution in [3.05, 3.63) is 54.2 Å². The smallest absolute Gasteiger partial charge is 0.253 e. The lowest BCUT2D eigenvalue weighted by atomic mass is 10.1. The molecule has 1 aromatic carbocycles. The van der Waals surface area contributed by atoms with Crippen molar-refractivity contribution >= 4 is 43.3 Å². The summed E-state index contributed by atoms with van der Waals surface area (Å²) in [6, 6.07) is 9.85. The van der Waals surface area contributed by atoms with Gasteiger partial charge in [-0.15, -0.1) is 11.3 Å². The van der Waals surface area contributed by atoms with Crippen molar-refractivity contribution in [3.8, 4) is 10.4 Å². The molecule has 1 amide bonds. The van der Waals surface area contributed by atoms with E-state index >= 15 is 0 Å². The normalized spacial score (nSPS) is 18.2. The van der Waals surface area contributed by atoms with Crippen LogP contribution >= 0.6 is 11.3 Å². The molecule has 2 aliphatic rings. The van der Waals surface area contributed by atoms with Crippen LogP contribution in [0, 0.1) is 0 Å². The van der Waals surface area contributed by atoms with Crippen molar-refractivity contribution in [2.24, 2.45) is 0 Å². The van der Waals surface area contributed by atoms with E-state index in [0.717, 1.165) is 58.1 Å². The van der Waals surface area contributed by atoms with Gasteiger partial charge in [0.25, 0.3) is 5.91 Å². The fraction of sp³-hybridized carbons (Fsp3) is 0.375. The third kappa shape index (κ3) is 4.81. The number of thiophene rings is 1. The number of carbonyl (C=O) groups is 1. The predicted molar refractivity (Wildman–Crippen MR) is 139 cm³/mol. The lowest BCUT2D eigenvalue weighted by molar-refractivity contribution is 0.0664. The van der Waals surface area contributed by atoms with Gasteiger partial charge in [0.2, 0.25) is 10.0 Å². The molecule has 2 fully saturated rings. The number of nitrogens with zero attached hydrogens (tertiary/aromatic N) is 6. The molecule has 3 aromatic rings. The first kappa shape index (κ1) is 23.9. The van der Waals surface area contributed by atoms with Crippen molar-refractivity contribution in [3.63, 3.8) is 0 Å². The van der Waals surface area contributed by atoms with E-state index in [9.17, 15) is 13.2 Å². The van der Waals surface area contributed by atoms with Crippen LogP contribution in [0.15, 0.2) is 48.6 Å². The summed E-state index contributed by atoms with van der Waals surface area (Å²) in [5.41, 5.74) is 1.73. The lowest BCUT2D eigenvalue weighted by Gasteiger charge is -2.34. The molecule has 0 N–H and O–H groups in total. The summed E-state index contributed by atoms with van der Waals surface area (Å²) in [7, 11) is -1.34. The highest BCUT2D eigenvalue weighted by Crippen LogP contribution is 2.36. The molecular formula is C24H28N6O3S2. The summed E-state index contributed by atoms with van der Waals surface area (Å²) < 4.78 is 25.6. The Hall–Kier alpha value is -2.86. The Morgan fingerprint density at radius 1 is 1.00 bits per heavy atom. The number of aromatic nitrogens is 2. The van der Waals surface area contributed by atoms with Gasteiger partial charge in [0.05, 0.1) is 5.39 Å². The van der Waals surface area contributed by atoms with Crippen LogP contribution < -0.4 is 4.90 Å². The van der Waals surface area contributed by atoms with Gasteiger partial charge in [0.15, 0.2) is 0 Å². The summed E-state index contributed by atoms with van der Waals surface area (Å²) in [4.78, 5) is 30.0. The molecule has 2 aliphatic heterocycles.